The number of ketones is 1. The summed E-state index contributed by atoms with van der Waals surface area (Å²) < 4.78 is 13.2. The van der Waals surface area contributed by atoms with Crippen molar-refractivity contribution in [1.82, 2.24) is 4.98 Å². The molecule has 3 rings (SSSR count). The lowest BCUT2D eigenvalue weighted by molar-refractivity contribution is 0.0900. The molecule has 0 aliphatic carbocycles. The number of carbonyl (C=O) groups excluding carboxylic acids is 1. The van der Waals surface area contributed by atoms with Crippen LogP contribution in [0.15, 0.2) is 42.7 Å². The van der Waals surface area contributed by atoms with Gasteiger partial charge in [0.25, 0.3) is 0 Å². The molecule has 2 aromatic rings. The molecule has 0 unspecified atom stereocenters. The molecule has 1 aromatic heterocycles. The van der Waals surface area contributed by atoms with E-state index in [0.717, 1.165) is 31.6 Å². The number of anilines is 1. The number of piperidine rings is 1. The van der Waals surface area contributed by atoms with Gasteiger partial charge >= 0.3 is 0 Å². The number of rotatable bonds is 3. The van der Waals surface area contributed by atoms with Crippen LogP contribution in [0.4, 0.5) is 10.1 Å². The topological polar surface area (TPSA) is 33.2 Å². The Kier molecular flexibility index (Phi) is 4.39. The van der Waals surface area contributed by atoms with E-state index in [2.05, 4.69) is 9.88 Å². The van der Waals surface area contributed by atoms with E-state index in [1.54, 1.807) is 36.7 Å². The predicted molar refractivity (Wildman–Crippen MR) is 84.9 cm³/mol. The Morgan fingerprint density at radius 1 is 1.27 bits per heavy atom. The normalized spacial score (nSPS) is 15.8. The molecular formula is C17H16ClFN2O. The zero-order valence-electron chi connectivity index (χ0n) is 12.0. The van der Waals surface area contributed by atoms with Crippen molar-refractivity contribution in [2.45, 2.75) is 12.8 Å². The molecule has 0 N–H and O–H groups in total. The van der Waals surface area contributed by atoms with Crippen molar-refractivity contribution >= 4 is 23.1 Å². The molecule has 0 saturated carbocycles. The van der Waals surface area contributed by atoms with Gasteiger partial charge in [-0.15, -0.1) is 0 Å². The van der Waals surface area contributed by atoms with Crippen molar-refractivity contribution in [3.8, 4) is 0 Å². The summed E-state index contributed by atoms with van der Waals surface area (Å²) >= 11 is 5.83. The van der Waals surface area contributed by atoms with E-state index in [1.165, 1.54) is 6.07 Å². The maximum atomic E-state index is 13.2. The van der Waals surface area contributed by atoms with Gasteiger partial charge in [-0.1, -0.05) is 11.6 Å². The largest absolute Gasteiger partial charge is 0.371 e. The minimum atomic E-state index is -0.410. The molecular weight excluding hydrogens is 303 g/mol. The maximum Gasteiger partial charge on any atom is 0.167 e. The van der Waals surface area contributed by atoms with Gasteiger partial charge in [0.15, 0.2) is 5.78 Å². The molecule has 0 atom stereocenters. The van der Waals surface area contributed by atoms with Crippen molar-refractivity contribution in [3.05, 3.63) is 59.1 Å². The van der Waals surface area contributed by atoms with Crippen LogP contribution in [0.5, 0.6) is 0 Å². The number of pyridine rings is 1. The van der Waals surface area contributed by atoms with Crippen LogP contribution >= 0.6 is 11.6 Å². The van der Waals surface area contributed by atoms with Crippen molar-refractivity contribution in [3.63, 3.8) is 0 Å². The Hall–Kier alpha value is -1.94. The average Bonchev–Trinajstić information content (AvgIpc) is 2.58. The van der Waals surface area contributed by atoms with Crippen LogP contribution in [0.25, 0.3) is 0 Å². The molecule has 1 aliphatic heterocycles. The van der Waals surface area contributed by atoms with E-state index in [1.807, 2.05) is 0 Å². The van der Waals surface area contributed by atoms with Gasteiger partial charge in [0, 0.05) is 42.7 Å². The van der Waals surface area contributed by atoms with Gasteiger partial charge in [-0.3, -0.25) is 9.78 Å². The number of Topliss-reactive ketones (excluding diaryl/α,β-unsaturated/α-hetero) is 1. The monoisotopic (exact) mass is 318 g/mol. The summed E-state index contributed by atoms with van der Waals surface area (Å²) in [4.78, 5) is 18.5. The van der Waals surface area contributed by atoms with E-state index >= 15 is 0 Å². The highest BCUT2D eigenvalue weighted by molar-refractivity contribution is 6.31. The molecule has 1 aromatic carbocycles. The Morgan fingerprint density at radius 2 is 2.05 bits per heavy atom. The van der Waals surface area contributed by atoms with Crippen LogP contribution in [0.3, 0.4) is 0 Å². The molecule has 1 fully saturated rings. The summed E-state index contributed by atoms with van der Waals surface area (Å²) in [5.74, 6) is -0.228. The van der Waals surface area contributed by atoms with E-state index < -0.39 is 5.82 Å². The molecule has 114 valence electrons. The highest BCUT2D eigenvalue weighted by Gasteiger charge is 2.26. The van der Waals surface area contributed by atoms with Crippen molar-refractivity contribution in [1.29, 1.82) is 0 Å². The lowest BCUT2D eigenvalue weighted by Gasteiger charge is -2.33. The van der Waals surface area contributed by atoms with Crippen LogP contribution in [0, 0.1) is 11.7 Å². The van der Waals surface area contributed by atoms with Gasteiger partial charge in [-0.25, -0.2) is 4.39 Å². The van der Waals surface area contributed by atoms with E-state index in [-0.39, 0.29) is 16.7 Å². The summed E-state index contributed by atoms with van der Waals surface area (Å²) in [6, 6.07) is 8.33. The SMILES string of the molecule is O=C(c1cccnc1)C1CCN(c2ccc(F)c(Cl)c2)CC1. The van der Waals surface area contributed by atoms with Gasteiger partial charge in [0.2, 0.25) is 0 Å². The van der Waals surface area contributed by atoms with Gasteiger partial charge in [0.05, 0.1) is 5.02 Å². The fraction of sp³-hybridized carbons (Fsp3) is 0.294. The number of carbonyl (C=O) groups is 1. The minimum Gasteiger partial charge on any atom is -0.371 e. The van der Waals surface area contributed by atoms with Gasteiger partial charge in [-0.05, 0) is 43.2 Å². The van der Waals surface area contributed by atoms with Crippen LogP contribution in [0.2, 0.25) is 5.02 Å². The summed E-state index contributed by atoms with van der Waals surface area (Å²) in [6.45, 7) is 1.53. The molecule has 0 amide bonds. The van der Waals surface area contributed by atoms with E-state index in [9.17, 15) is 9.18 Å². The second-order valence-electron chi connectivity index (χ2n) is 5.47. The number of hydrogen-bond donors (Lipinski definition) is 0. The first-order valence-electron chi connectivity index (χ1n) is 7.29. The Bertz CT molecular complexity index is 670. The van der Waals surface area contributed by atoms with Crippen molar-refractivity contribution in [2.75, 3.05) is 18.0 Å². The highest BCUT2D eigenvalue weighted by Crippen LogP contribution is 2.28. The maximum absolute atomic E-state index is 13.2. The molecule has 5 heteroatoms. The third-order valence-corrected chi connectivity index (χ3v) is 4.37. The average molecular weight is 319 g/mol. The zero-order valence-corrected chi connectivity index (χ0v) is 12.8. The predicted octanol–water partition coefficient (Wildman–Crippen LogP) is 3.97. The van der Waals surface area contributed by atoms with Gasteiger partial charge < -0.3 is 4.90 Å². The molecule has 1 aliphatic rings. The van der Waals surface area contributed by atoms with Gasteiger partial charge in [0.1, 0.15) is 5.82 Å². The second kappa shape index (κ2) is 6.44. The third-order valence-electron chi connectivity index (χ3n) is 4.08. The minimum absolute atomic E-state index is 0.0244. The van der Waals surface area contributed by atoms with Gasteiger partial charge in [-0.2, -0.15) is 0 Å². The lowest BCUT2D eigenvalue weighted by atomic mass is 9.89. The first-order valence-corrected chi connectivity index (χ1v) is 7.67. The number of aromatic nitrogens is 1. The second-order valence-corrected chi connectivity index (χ2v) is 5.87. The summed E-state index contributed by atoms with van der Waals surface area (Å²) in [5.41, 5.74) is 1.57. The molecule has 3 nitrogen and oxygen atoms in total. The molecule has 0 bridgehead atoms. The zero-order chi connectivity index (χ0) is 15.5. The van der Waals surface area contributed by atoms with Crippen molar-refractivity contribution < 1.29 is 9.18 Å². The van der Waals surface area contributed by atoms with Crippen LogP contribution in [0.1, 0.15) is 23.2 Å². The Labute approximate surface area is 133 Å². The van der Waals surface area contributed by atoms with Crippen LogP contribution in [-0.4, -0.2) is 23.9 Å². The van der Waals surface area contributed by atoms with E-state index in [4.69, 9.17) is 11.6 Å². The van der Waals surface area contributed by atoms with Crippen LogP contribution < -0.4 is 4.90 Å². The number of benzene rings is 1. The van der Waals surface area contributed by atoms with Crippen molar-refractivity contribution in [2.24, 2.45) is 5.92 Å². The number of halogens is 2. The molecule has 2 heterocycles. The smallest absolute Gasteiger partial charge is 0.167 e. The summed E-state index contributed by atoms with van der Waals surface area (Å²) in [7, 11) is 0. The first-order chi connectivity index (χ1) is 10.6. The molecule has 1 saturated heterocycles. The molecule has 0 radical (unpaired) electrons. The Morgan fingerprint density at radius 3 is 2.68 bits per heavy atom. The summed E-state index contributed by atoms with van der Waals surface area (Å²) in [5, 5.41) is 0.131. The van der Waals surface area contributed by atoms with Crippen LogP contribution in [-0.2, 0) is 0 Å². The standard InChI is InChI=1S/C17H16ClFN2O/c18-15-10-14(3-4-16(15)19)21-8-5-12(6-9-21)17(22)13-2-1-7-20-11-13/h1-4,7,10-12H,5-6,8-9H2. The number of nitrogens with zero attached hydrogens (tertiary/aromatic N) is 2. The highest BCUT2D eigenvalue weighted by atomic mass is 35.5. The Balaban J connectivity index is 1.65. The molecule has 22 heavy (non-hydrogen) atoms. The lowest BCUT2D eigenvalue weighted by Crippen LogP contribution is -2.36. The first kappa shape index (κ1) is 15.0. The fourth-order valence-electron chi connectivity index (χ4n) is 2.83. The number of hydrogen-bond acceptors (Lipinski definition) is 3. The fourth-order valence-corrected chi connectivity index (χ4v) is 3.00. The summed E-state index contributed by atoms with van der Waals surface area (Å²) in [6.07, 6.45) is 4.84. The third kappa shape index (κ3) is 3.12. The molecule has 0 spiro atoms. The van der Waals surface area contributed by atoms with E-state index in [0.29, 0.717) is 5.56 Å². The quantitative estimate of drug-likeness (QED) is 0.803.